The lowest BCUT2D eigenvalue weighted by Gasteiger charge is -2.13. The molecule has 0 saturated carbocycles. The van der Waals surface area contributed by atoms with Crippen molar-refractivity contribution in [3.05, 3.63) is 22.2 Å². The third-order valence-corrected chi connectivity index (χ3v) is 3.16. The molecule has 1 aliphatic heterocycles. The number of nitrogens with zero attached hydrogens (tertiary/aromatic N) is 1. The number of nitrogens with one attached hydrogen (secondary N) is 3. The average Bonchev–Trinajstić information content (AvgIpc) is 2.86. The molecule has 0 spiro atoms. The van der Waals surface area contributed by atoms with Gasteiger partial charge in [-0.2, -0.15) is 0 Å². The van der Waals surface area contributed by atoms with Crippen molar-refractivity contribution in [2.24, 2.45) is 4.99 Å². The Labute approximate surface area is 121 Å². The maximum absolute atomic E-state index is 11.3. The van der Waals surface area contributed by atoms with E-state index < -0.39 is 0 Å². The molecule has 0 saturated heterocycles. The maximum atomic E-state index is 11.3. The first-order valence-electron chi connectivity index (χ1n) is 5.94. The van der Waals surface area contributed by atoms with E-state index in [0.29, 0.717) is 33.8 Å². The highest BCUT2D eigenvalue weighted by Gasteiger charge is 2.13. The first kappa shape index (κ1) is 14.0. The Bertz CT molecular complexity index is 507. The highest BCUT2D eigenvalue weighted by atomic mass is 35.5. The van der Waals surface area contributed by atoms with Crippen LogP contribution in [0.25, 0.3) is 0 Å². The summed E-state index contributed by atoms with van der Waals surface area (Å²) in [5.41, 5.74) is 1.15. The van der Waals surface area contributed by atoms with E-state index in [1.807, 2.05) is 0 Å². The van der Waals surface area contributed by atoms with Crippen LogP contribution < -0.4 is 16.0 Å². The zero-order valence-corrected chi connectivity index (χ0v) is 11.9. The van der Waals surface area contributed by atoms with Crippen LogP contribution in [0.5, 0.6) is 0 Å². The predicted octanol–water partition coefficient (Wildman–Crippen LogP) is 2.71. The molecular formula is C12H14Cl2N4O. The van der Waals surface area contributed by atoms with Crippen LogP contribution in [0.2, 0.25) is 10.0 Å². The van der Waals surface area contributed by atoms with Crippen LogP contribution >= 0.6 is 23.2 Å². The van der Waals surface area contributed by atoms with Crippen molar-refractivity contribution in [2.45, 2.75) is 13.3 Å². The standard InChI is InChI=1S/C12H14Cl2N4O/c1-2-10(19)17-7-5-8(13)11(9(14)6-7)18-12-15-3-4-16-12/h5-6H,2-4H2,1H3,(H,17,19)(H2,15,16,18). The second-order valence-electron chi connectivity index (χ2n) is 4.00. The minimum atomic E-state index is -0.0883. The van der Waals surface area contributed by atoms with E-state index in [9.17, 15) is 4.79 Å². The summed E-state index contributed by atoms with van der Waals surface area (Å²) in [6, 6.07) is 3.30. The van der Waals surface area contributed by atoms with Crippen LogP contribution in [0.15, 0.2) is 17.1 Å². The number of amides is 1. The smallest absolute Gasteiger partial charge is 0.224 e. The number of hydrogen-bond acceptors (Lipinski definition) is 4. The lowest BCUT2D eigenvalue weighted by atomic mass is 10.2. The fraction of sp³-hybridized carbons (Fsp3) is 0.333. The van der Waals surface area contributed by atoms with Crippen molar-refractivity contribution in [1.82, 2.24) is 5.32 Å². The quantitative estimate of drug-likeness (QED) is 0.804. The first-order valence-corrected chi connectivity index (χ1v) is 6.70. The average molecular weight is 301 g/mol. The van der Waals surface area contributed by atoms with E-state index in [4.69, 9.17) is 23.2 Å². The van der Waals surface area contributed by atoms with Gasteiger partial charge in [-0.05, 0) is 12.1 Å². The van der Waals surface area contributed by atoms with Crippen molar-refractivity contribution in [1.29, 1.82) is 0 Å². The monoisotopic (exact) mass is 300 g/mol. The molecule has 3 N–H and O–H groups in total. The first-order chi connectivity index (χ1) is 9.10. The lowest BCUT2D eigenvalue weighted by molar-refractivity contribution is -0.115. The van der Waals surface area contributed by atoms with E-state index >= 15 is 0 Å². The Hall–Kier alpha value is -1.46. The molecule has 0 aliphatic carbocycles. The number of carbonyl (C=O) groups is 1. The molecule has 1 amide bonds. The Kier molecular flexibility index (Phi) is 4.50. The van der Waals surface area contributed by atoms with Gasteiger partial charge in [-0.15, -0.1) is 0 Å². The minimum absolute atomic E-state index is 0.0883. The molecule has 0 aromatic heterocycles. The zero-order valence-electron chi connectivity index (χ0n) is 10.4. The topological polar surface area (TPSA) is 65.5 Å². The highest BCUT2D eigenvalue weighted by molar-refractivity contribution is 6.40. The van der Waals surface area contributed by atoms with Gasteiger partial charge in [-0.1, -0.05) is 30.1 Å². The van der Waals surface area contributed by atoms with Crippen molar-refractivity contribution in [3.63, 3.8) is 0 Å². The third kappa shape index (κ3) is 3.52. The van der Waals surface area contributed by atoms with E-state index in [1.165, 1.54) is 0 Å². The summed E-state index contributed by atoms with van der Waals surface area (Å²) >= 11 is 12.3. The van der Waals surface area contributed by atoms with Gasteiger partial charge >= 0.3 is 0 Å². The maximum Gasteiger partial charge on any atom is 0.224 e. The van der Waals surface area contributed by atoms with Gasteiger partial charge < -0.3 is 16.0 Å². The summed E-state index contributed by atoms with van der Waals surface area (Å²) in [7, 11) is 0. The van der Waals surface area contributed by atoms with E-state index in [-0.39, 0.29) is 5.91 Å². The Morgan fingerprint density at radius 3 is 2.63 bits per heavy atom. The van der Waals surface area contributed by atoms with Crippen LogP contribution in [0.4, 0.5) is 11.4 Å². The largest absolute Gasteiger partial charge is 0.354 e. The summed E-state index contributed by atoms with van der Waals surface area (Å²) < 4.78 is 0. The second-order valence-corrected chi connectivity index (χ2v) is 4.81. The van der Waals surface area contributed by atoms with Gasteiger partial charge in [0.15, 0.2) is 5.96 Å². The molecule has 1 aromatic rings. The molecule has 102 valence electrons. The molecule has 0 unspecified atom stereocenters. The van der Waals surface area contributed by atoms with Gasteiger partial charge in [-0.3, -0.25) is 9.79 Å². The number of rotatable bonds is 3. The molecule has 5 nitrogen and oxygen atoms in total. The summed E-state index contributed by atoms with van der Waals surface area (Å²) in [4.78, 5) is 15.5. The molecule has 19 heavy (non-hydrogen) atoms. The van der Waals surface area contributed by atoms with Gasteiger partial charge in [-0.25, -0.2) is 0 Å². The minimum Gasteiger partial charge on any atom is -0.354 e. The normalized spacial score (nSPS) is 13.7. The number of hydrogen-bond donors (Lipinski definition) is 3. The molecule has 1 aliphatic rings. The van der Waals surface area contributed by atoms with E-state index in [0.717, 1.165) is 13.1 Å². The highest BCUT2D eigenvalue weighted by Crippen LogP contribution is 2.34. The fourth-order valence-corrected chi connectivity index (χ4v) is 2.20. The van der Waals surface area contributed by atoms with Crippen LogP contribution in [0.3, 0.4) is 0 Å². The number of anilines is 2. The number of halogens is 2. The van der Waals surface area contributed by atoms with Crippen molar-refractivity contribution in [3.8, 4) is 0 Å². The number of guanidine groups is 1. The second kappa shape index (κ2) is 6.12. The molecule has 1 aromatic carbocycles. The molecule has 0 bridgehead atoms. The van der Waals surface area contributed by atoms with Gasteiger partial charge in [0.05, 0.1) is 22.3 Å². The van der Waals surface area contributed by atoms with Gasteiger partial charge in [0.25, 0.3) is 0 Å². The van der Waals surface area contributed by atoms with Crippen LogP contribution in [-0.2, 0) is 4.79 Å². The van der Waals surface area contributed by atoms with Gasteiger partial charge in [0.1, 0.15) is 0 Å². The molecule has 0 fully saturated rings. The Morgan fingerprint density at radius 2 is 2.11 bits per heavy atom. The number of benzene rings is 1. The molecular weight excluding hydrogens is 287 g/mol. The molecule has 0 radical (unpaired) electrons. The zero-order chi connectivity index (χ0) is 13.8. The summed E-state index contributed by atoms with van der Waals surface area (Å²) in [6.45, 7) is 3.29. The molecule has 0 atom stereocenters. The van der Waals surface area contributed by atoms with Crippen LogP contribution in [0.1, 0.15) is 13.3 Å². The third-order valence-electron chi connectivity index (χ3n) is 2.56. The van der Waals surface area contributed by atoms with E-state index in [2.05, 4.69) is 20.9 Å². The summed E-state index contributed by atoms with van der Waals surface area (Å²) in [5.74, 6) is 0.559. The predicted molar refractivity (Wildman–Crippen MR) is 79.3 cm³/mol. The summed E-state index contributed by atoms with van der Waals surface area (Å²) in [5, 5.41) is 9.67. The van der Waals surface area contributed by atoms with Crippen molar-refractivity contribution >= 4 is 46.4 Å². The Balaban J connectivity index is 2.19. The summed E-state index contributed by atoms with van der Waals surface area (Å²) in [6.07, 6.45) is 0.399. The van der Waals surface area contributed by atoms with Crippen molar-refractivity contribution in [2.75, 3.05) is 23.7 Å². The molecule has 2 rings (SSSR count). The fourth-order valence-electron chi connectivity index (χ4n) is 1.61. The lowest BCUT2D eigenvalue weighted by Crippen LogP contribution is -2.26. The Morgan fingerprint density at radius 1 is 1.42 bits per heavy atom. The van der Waals surface area contributed by atoms with Gasteiger partial charge in [0, 0.05) is 18.7 Å². The number of aliphatic imine (C=N–C) groups is 1. The van der Waals surface area contributed by atoms with Crippen LogP contribution in [0, 0.1) is 0 Å². The van der Waals surface area contributed by atoms with Gasteiger partial charge in [0.2, 0.25) is 5.91 Å². The molecule has 7 heteroatoms. The van der Waals surface area contributed by atoms with E-state index in [1.54, 1.807) is 19.1 Å². The SMILES string of the molecule is CCC(=O)Nc1cc(Cl)c(NC2=NCCN2)c(Cl)c1. The van der Waals surface area contributed by atoms with Crippen molar-refractivity contribution < 1.29 is 4.79 Å². The molecule has 1 heterocycles. The number of carbonyl (C=O) groups excluding carboxylic acids is 1. The van der Waals surface area contributed by atoms with Crippen LogP contribution in [-0.4, -0.2) is 25.0 Å².